The Kier molecular flexibility index (Phi) is 3.09. The van der Waals surface area contributed by atoms with Crippen LogP contribution < -0.4 is 5.32 Å². The zero-order valence-corrected chi connectivity index (χ0v) is 8.30. The van der Waals surface area contributed by atoms with Crippen molar-refractivity contribution in [3.8, 4) is 0 Å². The topological polar surface area (TPSA) is 56.1 Å². The second kappa shape index (κ2) is 3.92. The number of nitrogens with one attached hydrogen (secondary N) is 2. The molecule has 0 aromatic rings. The summed E-state index contributed by atoms with van der Waals surface area (Å²) in [5.74, 6) is 0.500. The van der Waals surface area contributed by atoms with Crippen LogP contribution in [-0.2, 0) is 0 Å². The zero-order valence-electron chi connectivity index (χ0n) is 8.30. The van der Waals surface area contributed by atoms with Crippen molar-refractivity contribution in [2.45, 2.75) is 32.3 Å². The number of rotatable bonds is 5. The summed E-state index contributed by atoms with van der Waals surface area (Å²) in [6.45, 7) is 4.02. The van der Waals surface area contributed by atoms with E-state index in [9.17, 15) is 5.11 Å². The fraction of sp³-hybridized carbons (Fsp3) is 0.700. The third-order valence-corrected chi connectivity index (χ3v) is 1.93. The maximum absolute atomic E-state index is 9.35. The van der Waals surface area contributed by atoms with Crippen LogP contribution in [0, 0.1) is 11.3 Å². The molecule has 0 spiro atoms. The minimum atomic E-state index is -0.688. The minimum Gasteiger partial charge on any atom is -0.389 e. The van der Waals surface area contributed by atoms with E-state index in [1.807, 2.05) is 0 Å². The van der Waals surface area contributed by atoms with Gasteiger partial charge in [0.15, 0.2) is 0 Å². The van der Waals surface area contributed by atoms with Crippen LogP contribution in [0.1, 0.15) is 26.7 Å². The summed E-state index contributed by atoms with van der Waals surface area (Å²) in [5.41, 5.74) is 0.00907. The van der Waals surface area contributed by atoms with Gasteiger partial charge < -0.3 is 15.8 Å². The Morgan fingerprint density at radius 3 is 2.69 bits per heavy atom. The fourth-order valence-corrected chi connectivity index (χ4v) is 0.988. The van der Waals surface area contributed by atoms with E-state index in [-0.39, 0.29) is 0 Å². The second-order valence-electron chi connectivity index (χ2n) is 4.26. The molecule has 1 aliphatic carbocycles. The maximum Gasteiger partial charge on any atom is 0.0763 e. The molecule has 0 amide bonds. The molecule has 74 valence electrons. The Morgan fingerprint density at radius 1 is 1.62 bits per heavy atom. The first-order valence-corrected chi connectivity index (χ1v) is 4.70. The lowest BCUT2D eigenvalue weighted by atomic mass is 10.1. The van der Waals surface area contributed by atoms with Gasteiger partial charge in [0.1, 0.15) is 0 Å². The molecule has 0 aromatic carbocycles. The van der Waals surface area contributed by atoms with Crippen molar-refractivity contribution in [1.29, 1.82) is 5.41 Å². The molecule has 3 heteroatoms. The highest BCUT2D eigenvalue weighted by Gasteiger charge is 2.24. The molecule has 0 saturated heterocycles. The van der Waals surface area contributed by atoms with Crippen LogP contribution in [0.25, 0.3) is 0 Å². The van der Waals surface area contributed by atoms with E-state index in [1.54, 1.807) is 26.1 Å². The third-order valence-electron chi connectivity index (χ3n) is 1.93. The molecule has 0 aromatic heterocycles. The average Bonchev–Trinajstić information content (AvgIpc) is 2.77. The molecule has 13 heavy (non-hydrogen) atoms. The first-order chi connectivity index (χ1) is 5.99. The monoisotopic (exact) mass is 182 g/mol. The Bertz CT molecular complexity index is 211. The normalized spacial score (nSPS) is 17.8. The molecule has 0 bridgehead atoms. The molecule has 0 radical (unpaired) electrons. The van der Waals surface area contributed by atoms with E-state index in [4.69, 9.17) is 5.41 Å². The number of aliphatic hydroxyl groups is 1. The van der Waals surface area contributed by atoms with Crippen molar-refractivity contribution in [1.82, 2.24) is 5.32 Å². The SMILES string of the molecule is CC(C)(O)CN/C=C\C(=N)C1CC1. The summed E-state index contributed by atoms with van der Waals surface area (Å²) in [4.78, 5) is 0. The Morgan fingerprint density at radius 2 is 2.23 bits per heavy atom. The van der Waals surface area contributed by atoms with E-state index in [0.29, 0.717) is 18.2 Å². The van der Waals surface area contributed by atoms with Crippen LogP contribution in [0.15, 0.2) is 12.3 Å². The van der Waals surface area contributed by atoms with E-state index >= 15 is 0 Å². The van der Waals surface area contributed by atoms with Crippen molar-refractivity contribution >= 4 is 5.71 Å². The molecular formula is C10H18N2O. The van der Waals surface area contributed by atoms with E-state index in [1.165, 1.54) is 0 Å². The molecule has 0 aliphatic heterocycles. The highest BCUT2D eigenvalue weighted by atomic mass is 16.3. The van der Waals surface area contributed by atoms with E-state index in [2.05, 4.69) is 5.32 Å². The highest BCUT2D eigenvalue weighted by Crippen LogP contribution is 2.30. The number of hydrogen-bond acceptors (Lipinski definition) is 3. The lowest BCUT2D eigenvalue weighted by molar-refractivity contribution is 0.0835. The second-order valence-corrected chi connectivity index (χ2v) is 4.26. The first kappa shape index (κ1) is 10.3. The summed E-state index contributed by atoms with van der Waals surface area (Å²) >= 11 is 0. The van der Waals surface area contributed by atoms with Crippen LogP contribution in [0.4, 0.5) is 0 Å². The van der Waals surface area contributed by atoms with Crippen molar-refractivity contribution < 1.29 is 5.11 Å². The predicted molar refractivity (Wildman–Crippen MR) is 53.9 cm³/mol. The van der Waals surface area contributed by atoms with Gasteiger partial charge in [-0.1, -0.05) is 0 Å². The van der Waals surface area contributed by atoms with Gasteiger partial charge in [0.25, 0.3) is 0 Å². The molecule has 0 atom stereocenters. The summed E-state index contributed by atoms with van der Waals surface area (Å²) in [6.07, 6.45) is 5.85. The van der Waals surface area contributed by atoms with Crippen LogP contribution in [0.3, 0.4) is 0 Å². The number of hydrogen-bond donors (Lipinski definition) is 3. The van der Waals surface area contributed by atoms with Gasteiger partial charge in [0.2, 0.25) is 0 Å². The van der Waals surface area contributed by atoms with Gasteiger partial charge in [0, 0.05) is 18.2 Å². The third kappa shape index (κ3) is 4.68. The standard InChI is InChI=1S/C10H18N2O/c1-10(2,13)7-12-6-5-9(11)8-3-4-8/h5-6,8,11-13H,3-4,7H2,1-2H3/b6-5-,11-9?. The van der Waals surface area contributed by atoms with Crippen LogP contribution in [0.5, 0.6) is 0 Å². The van der Waals surface area contributed by atoms with Crippen LogP contribution in [-0.4, -0.2) is 23.0 Å². The summed E-state index contributed by atoms with van der Waals surface area (Å²) in [6, 6.07) is 0. The van der Waals surface area contributed by atoms with Gasteiger partial charge >= 0.3 is 0 Å². The Balaban J connectivity index is 2.14. The molecule has 1 saturated carbocycles. The fourth-order valence-electron chi connectivity index (χ4n) is 0.988. The van der Waals surface area contributed by atoms with Crippen molar-refractivity contribution in [2.75, 3.05) is 6.54 Å². The summed E-state index contributed by atoms with van der Waals surface area (Å²) < 4.78 is 0. The van der Waals surface area contributed by atoms with Gasteiger partial charge in [-0.2, -0.15) is 0 Å². The molecule has 3 nitrogen and oxygen atoms in total. The highest BCUT2D eigenvalue weighted by molar-refractivity contribution is 5.95. The van der Waals surface area contributed by atoms with E-state index in [0.717, 1.165) is 12.8 Å². The maximum atomic E-state index is 9.35. The summed E-state index contributed by atoms with van der Waals surface area (Å²) in [5, 5.41) is 19.9. The van der Waals surface area contributed by atoms with Gasteiger partial charge in [-0.3, -0.25) is 0 Å². The van der Waals surface area contributed by atoms with Crippen molar-refractivity contribution in [2.24, 2.45) is 5.92 Å². The molecule has 0 heterocycles. The lowest BCUT2D eigenvalue weighted by Gasteiger charge is -2.16. The Hall–Kier alpha value is -0.830. The van der Waals surface area contributed by atoms with Gasteiger partial charge in [-0.15, -0.1) is 0 Å². The lowest BCUT2D eigenvalue weighted by Crippen LogP contribution is -2.32. The van der Waals surface area contributed by atoms with Crippen molar-refractivity contribution in [3.05, 3.63) is 12.3 Å². The number of allylic oxidation sites excluding steroid dienone is 1. The predicted octanol–water partition coefficient (Wildman–Crippen LogP) is 1.29. The molecule has 3 N–H and O–H groups in total. The molecule has 1 aliphatic rings. The average molecular weight is 182 g/mol. The smallest absolute Gasteiger partial charge is 0.0763 e. The van der Waals surface area contributed by atoms with E-state index < -0.39 is 5.60 Å². The molecule has 0 unspecified atom stereocenters. The molecule has 1 fully saturated rings. The largest absolute Gasteiger partial charge is 0.389 e. The van der Waals surface area contributed by atoms with Crippen molar-refractivity contribution in [3.63, 3.8) is 0 Å². The van der Waals surface area contributed by atoms with Gasteiger partial charge in [-0.25, -0.2) is 0 Å². The first-order valence-electron chi connectivity index (χ1n) is 4.70. The molecular weight excluding hydrogens is 164 g/mol. The Labute approximate surface area is 79.4 Å². The van der Waals surface area contributed by atoms with Gasteiger partial charge in [-0.05, 0) is 39.0 Å². The molecule has 1 rings (SSSR count). The van der Waals surface area contributed by atoms with Crippen LogP contribution >= 0.6 is 0 Å². The zero-order chi connectivity index (χ0) is 9.90. The minimum absolute atomic E-state index is 0.500. The quantitative estimate of drug-likeness (QED) is 0.561. The van der Waals surface area contributed by atoms with Crippen LogP contribution in [0.2, 0.25) is 0 Å². The summed E-state index contributed by atoms with van der Waals surface area (Å²) in [7, 11) is 0. The van der Waals surface area contributed by atoms with Gasteiger partial charge in [0.05, 0.1) is 5.60 Å².